The van der Waals surface area contributed by atoms with Gasteiger partial charge in [-0.1, -0.05) is 38.5 Å². The Morgan fingerprint density at radius 3 is 2.79 bits per heavy atom. The molecule has 1 saturated heterocycles. The third kappa shape index (κ3) is 4.58. The zero-order valence-electron chi connectivity index (χ0n) is 16.6. The van der Waals surface area contributed by atoms with Crippen molar-refractivity contribution in [3.8, 4) is 5.88 Å². The second-order valence-corrected chi connectivity index (χ2v) is 7.74. The van der Waals surface area contributed by atoms with Crippen LogP contribution in [0.15, 0.2) is 34.5 Å². The molecule has 0 atom stereocenters. The average Bonchev–Trinajstić information content (AvgIpc) is 2.77. The normalized spacial score (nSPS) is 15.7. The molecule has 28 heavy (non-hydrogen) atoms. The number of hydrogen-bond donors (Lipinski definition) is 1. The Balaban J connectivity index is 1.80. The molecule has 1 N–H and O–H groups in total. The molecule has 150 valence electrons. The van der Waals surface area contributed by atoms with E-state index in [-0.39, 0.29) is 18.3 Å². The Morgan fingerprint density at radius 1 is 1.21 bits per heavy atom. The Labute approximate surface area is 165 Å². The van der Waals surface area contributed by atoms with Crippen LogP contribution in [0.5, 0.6) is 5.88 Å². The predicted molar refractivity (Wildman–Crippen MR) is 108 cm³/mol. The number of carbonyl (C=O) groups is 2. The summed E-state index contributed by atoms with van der Waals surface area (Å²) in [4.78, 5) is 25.9. The smallest absolute Gasteiger partial charge is 0.283 e. The lowest BCUT2D eigenvalue weighted by Gasteiger charge is -2.17. The minimum absolute atomic E-state index is 0.00538. The van der Waals surface area contributed by atoms with Gasteiger partial charge in [0.1, 0.15) is 6.54 Å². The van der Waals surface area contributed by atoms with Crippen LogP contribution >= 0.6 is 0 Å². The largest absolute Gasteiger partial charge is 0.493 e. The van der Waals surface area contributed by atoms with Crippen molar-refractivity contribution >= 4 is 28.4 Å². The third-order valence-corrected chi connectivity index (χ3v) is 5.11. The first-order valence-corrected chi connectivity index (χ1v) is 10.00. The predicted octanol–water partition coefficient (Wildman–Crippen LogP) is 4.41. The lowest BCUT2D eigenvalue weighted by atomic mass is 10.1. The van der Waals surface area contributed by atoms with Gasteiger partial charge in [-0.05, 0) is 31.2 Å². The minimum atomic E-state index is -0.478. The molecule has 1 aromatic heterocycles. The molecule has 1 fully saturated rings. The number of benzene rings is 1. The van der Waals surface area contributed by atoms with Crippen molar-refractivity contribution in [3.05, 3.63) is 24.3 Å². The van der Waals surface area contributed by atoms with Gasteiger partial charge in [0.15, 0.2) is 5.69 Å². The van der Waals surface area contributed by atoms with Gasteiger partial charge in [0.2, 0.25) is 11.8 Å². The maximum atomic E-state index is 12.3. The molecule has 0 spiro atoms. The molecular weight excluding hydrogens is 356 g/mol. The van der Waals surface area contributed by atoms with Crippen LogP contribution in [0.25, 0.3) is 10.9 Å². The number of hydrogen-bond acceptors (Lipinski definition) is 4. The standard InChI is InChI=1S/C21H28N4O3/c1-15(2)11-13-25-17-9-6-5-8-16(17)20(21(25)28)23-22-18(26)14-24-12-7-3-4-10-19(24)27/h5-6,8-9,15,28H,3-4,7,10-14H2,1-2H3. The molecule has 2 aromatic rings. The van der Waals surface area contributed by atoms with E-state index in [1.165, 1.54) is 0 Å². The SMILES string of the molecule is CC(C)CCn1c(O)c(N=NC(=O)CN2CCCCCC2=O)c2ccccc21. The van der Waals surface area contributed by atoms with E-state index in [0.717, 1.165) is 36.6 Å². The molecule has 0 aliphatic carbocycles. The zero-order chi connectivity index (χ0) is 20.1. The maximum Gasteiger partial charge on any atom is 0.283 e. The first kappa shape index (κ1) is 20.0. The minimum Gasteiger partial charge on any atom is -0.493 e. The first-order valence-electron chi connectivity index (χ1n) is 10.00. The highest BCUT2D eigenvalue weighted by Gasteiger charge is 2.20. The van der Waals surface area contributed by atoms with Gasteiger partial charge in [-0.2, -0.15) is 0 Å². The first-order chi connectivity index (χ1) is 13.5. The van der Waals surface area contributed by atoms with Crippen molar-refractivity contribution in [1.82, 2.24) is 9.47 Å². The van der Waals surface area contributed by atoms with E-state index in [2.05, 4.69) is 24.1 Å². The molecule has 2 heterocycles. The number of aromatic hydroxyl groups is 1. The monoisotopic (exact) mass is 384 g/mol. The fourth-order valence-electron chi connectivity index (χ4n) is 3.49. The molecule has 2 amide bonds. The second-order valence-electron chi connectivity index (χ2n) is 7.74. The molecule has 0 saturated carbocycles. The van der Waals surface area contributed by atoms with Crippen molar-refractivity contribution < 1.29 is 14.7 Å². The lowest BCUT2D eigenvalue weighted by molar-refractivity contribution is -0.134. The fourth-order valence-corrected chi connectivity index (χ4v) is 3.49. The van der Waals surface area contributed by atoms with Crippen molar-refractivity contribution in [3.63, 3.8) is 0 Å². The molecule has 0 bridgehead atoms. The molecule has 1 aliphatic rings. The maximum absolute atomic E-state index is 12.3. The van der Waals surface area contributed by atoms with Crippen LogP contribution in [0.2, 0.25) is 0 Å². The molecule has 1 aliphatic heterocycles. The number of fused-ring (bicyclic) bond motifs is 1. The summed E-state index contributed by atoms with van der Waals surface area (Å²) in [5, 5.41) is 19.3. The molecule has 0 radical (unpaired) electrons. The average molecular weight is 384 g/mol. The fraction of sp³-hybridized carbons (Fsp3) is 0.524. The highest BCUT2D eigenvalue weighted by Crippen LogP contribution is 2.39. The number of nitrogens with zero attached hydrogens (tertiary/aromatic N) is 4. The number of aromatic nitrogens is 1. The summed E-state index contributed by atoms with van der Waals surface area (Å²) in [6.45, 7) is 5.45. The van der Waals surface area contributed by atoms with Crippen LogP contribution in [0.1, 0.15) is 46.0 Å². The molecule has 7 heteroatoms. The number of aryl methyl sites for hydroxylation is 1. The summed E-state index contributed by atoms with van der Waals surface area (Å²) in [6, 6.07) is 7.56. The number of azo groups is 1. The van der Waals surface area contributed by atoms with E-state index in [1.807, 2.05) is 28.8 Å². The van der Waals surface area contributed by atoms with Gasteiger partial charge in [0.25, 0.3) is 5.91 Å². The van der Waals surface area contributed by atoms with E-state index < -0.39 is 5.91 Å². The van der Waals surface area contributed by atoms with E-state index in [4.69, 9.17) is 0 Å². The summed E-state index contributed by atoms with van der Waals surface area (Å²) < 4.78 is 1.81. The van der Waals surface area contributed by atoms with Gasteiger partial charge in [-0.3, -0.25) is 9.59 Å². The van der Waals surface area contributed by atoms with Crippen molar-refractivity contribution in [2.24, 2.45) is 16.1 Å². The van der Waals surface area contributed by atoms with Crippen molar-refractivity contribution in [2.45, 2.75) is 52.5 Å². The summed E-state index contributed by atoms with van der Waals surface area (Å²) >= 11 is 0. The van der Waals surface area contributed by atoms with Crippen molar-refractivity contribution in [1.29, 1.82) is 0 Å². The molecule has 1 aromatic carbocycles. The highest BCUT2D eigenvalue weighted by molar-refractivity contribution is 5.95. The van der Waals surface area contributed by atoms with E-state index in [0.29, 0.717) is 31.1 Å². The summed E-state index contributed by atoms with van der Waals surface area (Å²) in [5.74, 6) is 0.0328. The Hall–Kier alpha value is -2.70. The third-order valence-electron chi connectivity index (χ3n) is 5.11. The van der Waals surface area contributed by atoms with Crippen LogP contribution < -0.4 is 0 Å². The van der Waals surface area contributed by atoms with Gasteiger partial charge >= 0.3 is 0 Å². The molecule has 3 rings (SSSR count). The van der Waals surface area contributed by atoms with Gasteiger partial charge in [0.05, 0.1) is 5.52 Å². The van der Waals surface area contributed by atoms with E-state index >= 15 is 0 Å². The number of rotatable bonds is 6. The van der Waals surface area contributed by atoms with Crippen LogP contribution in [-0.4, -0.2) is 39.5 Å². The number of amides is 2. The van der Waals surface area contributed by atoms with Gasteiger partial charge in [-0.25, -0.2) is 0 Å². The Morgan fingerprint density at radius 2 is 2.00 bits per heavy atom. The molecular formula is C21H28N4O3. The molecule has 7 nitrogen and oxygen atoms in total. The quantitative estimate of drug-likeness (QED) is 0.749. The summed E-state index contributed by atoms with van der Waals surface area (Å²) in [7, 11) is 0. The number of para-hydroxylation sites is 1. The van der Waals surface area contributed by atoms with Crippen LogP contribution in [0, 0.1) is 5.92 Å². The zero-order valence-corrected chi connectivity index (χ0v) is 16.6. The van der Waals surface area contributed by atoms with E-state index in [9.17, 15) is 14.7 Å². The topological polar surface area (TPSA) is 87.3 Å². The van der Waals surface area contributed by atoms with Gasteiger partial charge < -0.3 is 14.6 Å². The number of carbonyl (C=O) groups excluding carboxylic acids is 2. The Kier molecular flexibility index (Phi) is 6.44. The summed E-state index contributed by atoms with van der Waals surface area (Å²) in [5.41, 5.74) is 1.17. The summed E-state index contributed by atoms with van der Waals surface area (Å²) in [6.07, 6.45) is 4.17. The van der Waals surface area contributed by atoms with E-state index in [1.54, 1.807) is 4.90 Å². The van der Waals surface area contributed by atoms with Crippen molar-refractivity contribution in [2.75, 3.05) is 13.1 Å². The van der Waals surface area contributed by atoms with Gasteiger partial charge in [-0.15, -0.1) is 10.2 Å². The van der Waals surface area contributed by atoms with Crippen LogP contribution in [-0.2, 0) is 16.1 Å². The lowest BCUT2D eigenvalue weighted by Crippen LogP contribution is -2.34. The highest BCUT2D eigenvalue weighted by atomic mass is 16.3. The second kappa shape index (κ2) is 8.99. The van der Waals surface area contributed by atoms with Crippen LogP contribution in [0.4, 0.5) is 5.69 Å². The molecule has 0 unspecified atom stereocenters. The van der Waals surface area contributed by atoms with Gasteiger partial charge in [0, 0.05) is 24.9 Å². The Bertz CT molecular complexity index is 885. The number of likely N-dealkylation sites (tertiary alicyclic amines) is 1. The van der Waals surface area contributed by atoms with Crippen LogP contribution in [0.3, 0.4) is 0 Å².